The molecule has 0 aliphatic carbocycles. The van der Waals surface area contributed by atoms with Gasteiger partial charge in [0.1, 0.15) is 30.0 Å². The lowest BCUT2D eigenvalue weighted by atomic mass is 9.77. The summed E-state index contributed by atoms with van der Waals surface area (Å²) in [5.74, 6) is -1.68. The van der Waals surface area contributed by atoms with Gasteiger partial charge in [-0.1, -0.05) is 26.8 Å². The number of nitrogens with one attached hydrogen (secondary N) is 1. The first kappa shape index (κ1) is 44.9. The van der Waals surface area contributed by atoms with Crippen LogP contribution < -0.4 is 14.8 Å². The Morgan fingerprint density at radius 3 is 2.40 bits per heavy atom. The second-order valence-electron chi connectivity index (χ2n) is 16.9. The fourth-order valence-corrected chi connectivity index (χ4v) is 8.51. The Labute approximate surface area is 326 Å². The summed E-state index contributed by atoms with van der Waals surface area (Å²) >= 11 is 0. The van der Waals surface area contributed by atoms with E-state index >= 15 is 0 Å². The maximum atomic E-state index is 14.1. The summed E-state index contributed by atoms with van der Waals surface area (Å²) in [5, 5.41) is 49.8. The summed E-state index contributed by atoms with van der Waals surface area (Å²) < 4.78 is 35.7. The van der Waals surface area contributed by atoms with Crippen LogP contribution in [0.15, 0.2) is 18.2 Å². The van der Waals surface area contributed by atoms with Crippen molar-refractivity contribution in [2.24, 2.45) is 17.8 Å². The Kier molecular flexibility index (Phi) is 15.3. The van der Waals surface area contributed by atoms with E-state index in [2.05, 4.69) is 5.32 Å². The first-order valence-corrected chi connectivity index (χ1v) is 19.7. The largest absolute Gasteiger partial charge is 0.459 e. The van der Waals surface area contributed by atoms with Crippen LogP contribution in [0.2, 0.25) is 0 Å². The molecule has 1 aromatic carbocycles. The summed E-state index contributed by atoms with van der Waals surface area (Å²) in [4.78, 5) is 31.5. The van der Waals surface area contributed by atoms with Gasteiger partial charge in [-0.05, 0) is 105 Å². The molecule has 14 atom stereocenters. The molecule has 314 valence electrons. The van der Waals surface area contributed by atoms with Gasteiger partial charge in [0.05, 0.1) is 23.7 Å². The van der Waals surface area contributed by atoms with Crippen molar-refractivity contribution >= 4 is 12.1 Å². The second-order valence-corrected chi connectivity index (χ2v) is 16.9. The number of nitrogens with zero attached hydrogens (tertiary/aromatic N) is 2. The molecule has 3 aliphatic rings. The first-order chi connectivity index (χ1) is 25.7. The number of alkyl carbamates (subject to hydrolysis) is 1. The number of ether oxygens (including phenoxy) is 6. The minimum atomic E-state index is -1.83. The Hall–Kier alpha value is -2.76. The zero-order chi connectivity index (χ0) is 41.0. The van der Waals surface area contributed by atoms with Gasteiger partial charge < -0.3 is 64.0 Å². The average molecular weight is 782 g/mol. The van der Waals surface area contributed by atoms with Crippen LogP contribution in [0.3, 0.4) is 0 Å². The molecule has 15 nitrogen and oxygen atoms in total. The zero-order valence-corrected chi connectivity index (χ0v) is 34.6. The molecule has 3 aliphatic heterocycles. The number of fused-ring (bicyclic) bond motifs is 1. The van der Waals surface area contributed by atoms with Crippen LogP contribution in [0.4, 0.5) is 4.79 Å². The number of aliphatic hydroxyl groups is 4. The fourth-order valence-electron chi connectivity index (χ4n) is 8.51. The van der Waals surface area contributed by atoms with E-state index in [1.54, 1.807) is 34.6 Å². The van der Waals surface area contributed by atoms with Gasteiger partial charge in [-0.3, -0.25) is 4.79 Å². The van der Waals surface area contributed by atoms with Crippen molar-refractivity contribution in [1.29, 1.82) is 0 Å². The van der Waals surface area contributed by atoms with E-state index in [0.29, 0.717) is 30.9 Å². The topological polar surface area (TPSA) is 189 Å². The lowest BCUT2D eigenvalue weighted by molar-refractivity contribution is -0.299. The Balaban J connectivity index is 1.70. The average Bonchev–Trinajstić information content (AvgIpc) is 3.58. The third-order valence-corrected chi connectivity index (χ3v) is 11.8. The van der Waals surface area contributed by atoms with E-state index in [-0.39, 0.29) is 44.2 Å². The molecule has 15 heteroatoms. The highest BCUT2D eigenvalue weighted by molar-refractivity contribution is 5.74. The van der Waals surface area contributed by atoms with Gasteiger partial charge in [0.25, 0.3) is 0 Å². The zero-order valence-electron chi connectivity index (χ0n) is 34.6. The molecule has 4 rings (SSSR count). The minimum Gasteiger partial charge on any atom is -0.459 e. The van der Waals surface area contributed by atoms with Crippen molar-refractivity contribution in [2.45, 2.75) is 147 Å². The van der Waals surface area contributed by atoms with E-state index in [1.807, 2.05) is 63.0 Å². The SMILES string of the molecule is CC[C@H]1OC(=O)[C@H](C)[C@@H](OC(=O)NCCc2ccc3c(c2)OCO3)[C@H](C)[C@@H](O[C@@H]2O[C@H](C)C[C@H](N(C)C)[C@H]2O)[C@](C)(O)C[C@@H](C)CN(C)[C@H](C)[C@@H](O)[C@]1(C)O. The Morgan fingerprint density at radius 2 is 1.75 bits per heavy atom. The van der Waals surface area contributed by atoms with E-state index in [1.165, 1.54) is 6.92 Å². The van der Waals surface area contributed by atoms with E-state index < -0.39 is 78.0 Å². The molecule has 3 heterocycles. The maximum absolute atomic E-state index is 14.1. The molecule has 1 amide bonds. The third kappa shape index (κ3) is 10.8. The number of likely N-dealkylation sites (N-methyl/N-ethyl adjacent to an activating group) is 2. The Bertz CT molecular complexity index is 1430. The van der Waals surface area contributed by atoms with E-state index in [0.717, 1.165) is 5.56 Å². The van der Waals surface area contributed by atoms with E-state index in [9.17, 15) is 30.0 Å². The lowest BCUT2D eigenvalue weighted by Crippen LogP contribution is -2.59. The molecule has 0 spiro atoms. The predicted molar refractivity (Wildman–Crippen MR) is 203 cm³/mol. The van der Waals surface area contributed by atoms with Crippen LogP contribution >= 0.6 is 0 Å². The molecule has 0 bridgehead atoms. The molecule has 0 saturated carbocycles. The number of amides is 1. The number of hydrogen-bond acceptors (Lipinski definition) is 14. The van der Waals surface area contributed by atoms with Crippen molar-refractivity contribution in [3.05, 3.63) is 23.8 Å². The first-order valence-electron chi connectivity index (χ1n) is 19.7. The molecular formula is C40H67N3O12. The van der Waals surface area contributed by atoms with Crippen molar-refractivity contribution in [2.75, 3.05) is 41.0 Å². The number of carbonyl (C=O) groups excluding carboxylic acids is 2. The van der Waals surface area contributed by atoms with Gasteiger partial charge in [-0.2, -0.15) is 0 Å². The van der Waals surface area contributed by atoms with Gasteiger partial charge in [0.15, 0.2) is 17.8 Å². The van der Waals surface area contributed by atoms with Gasteiger partial charge >= 0.3 is 12.1 Å². The summed E-state index contributed by atoms with van der Waals surface area (Å²) in [5.41, 5.74) is -2.54. The van der Waals surface area contributed by atoms with Gasteiger partial charge in [0.2, 0.25) is 6.79 Å². The standard InChI is InChI=1S/C40H67N3O12/c1-12-31-40(8,49)34(45)26(6)43(11)20-22(2)19-39(7,48)35(55-37-32(44)28(42(9)10)17-23(3)52-37)24(4)33(25(5)36(46)53-31)54-38(47)41-16-15-27-13-14-29-30(18-27)51-21-50-29/h13-14,18,22-26,28,31-35,37,44-45,48-49H,12,15-17,19-21H2,1-11H3,(H,41,47)/t22-,23-,24+,25-,26-,28+,31-,32-,33+,34-,35-,37+,39-,40-/m1/s1. The minimum absolute atomic E-state index is 0.147. The maximum Gasteiger partial charge on any atom is 0.407 e. The van der Waals surface area contributed by atoms with Crippen LogP contribution in [-0.2, 0) is 30.2 Å². The number of cyclic esters (lactones) is 1. The molecule has 0 aromatic heterocycles. The van der Waals surface area contributed by atoms with Crippen LogP contribution in [0.25, 0.3) is 0 Å². The van der Waals surface area contributed by atoms with Gasteiger partial charge in [-0.25, -0.2) is 4.79 Å². The predicted octanol–water partition coefficient (Wildman–Crippen LogP) is 2.68. The van der Waals surface area contributed by atoms with Crippen LogP contribution in [-0.4, -0.2) is 150 Å². The van der Waals surface area contributed by atoms with Crippen LogP contribution in [0.5, 0.6) is 11.5 Å². The molecular weight excluding hydrogens is 714 g/mol. The van der Waals surface area contributed by atoms with E-state index in [4.69, 9.17) is 28.4 Å². The summed E-state index contributed by atoms with van der Waals surface area (Å²) in [6.07, 6.45) is -6.70. The number of benzene rings is 1. The molecule has 2 fully saturated rings. The molecule has 0 unspecified atom stereocenters. The van der Waals surface area contributed by atoms with Crippen molar-refractivity contribution in [3.63, 3.8) is 0 Å². The second kappa shape index (κ2) is 18.7. The third-order valence-electron chi connectivity index (χ3n) is 11.8. The van der Waals surface area contributed by atoms with Gasteiger partial charge in [0, 0.05) is 31.1 Å². The molecule has 5 N–H and O–H groups in total. The number of hydrogen-bond donors (Lipinski definition) is 5. The highest BCUT2D eigenvalue weighted by atomic mass is 16.7. The monoisotopic (exact) mass is 781 g/mol. The molecule has 2 saturated heterocycles. The number of rotatable bonds is 8. The summed E-state index contributed by atoms with van der Waals surface area (Å²) in [7, 11) is 5.55. The quantitative estimate of drug-likeness (QED) is 0.242. The summed E-state index contributed by atoms with van der Waals surface area (Å²) in [6, 6.07) is 4.67. The summed E-state index contributed by atoms with van der Waals surface area (Å²) in [6.45, 7) is 14.5. The molecule has 1 aromatic rings. The highest BCUT2D eigenvalue weighted by Gasteiger charge is 2.51. The van der Waals surface area contributed by atoms with Crippen molar-refractivity contribution in [1.82, 2.24) is 15.1 Å². The Morgan fingerprint density at radius 1 is 1.07 bits per heavy atom. The van der Waals surface area contributed by atoms with Crippen molar-refractivity contribution in [3.8, 4) is 11.5 Å². The van der Waals surface area contributed by atoms with Crippen LogP contribution in [0, 0.1) is 17.8 Å². The molecule has 0 radical (unpaired) electrons. The normalized spacial score (nSPS) is 39.5. The molecule has 55 heavy (non-hydrogen) atoms. The lowest BCUT2D eigenvalue weighted by Gasteiger charge is -2.47. The van der Waals surface area contributed by atoms with Crippen LogP contribution in [0.1, 0.15) is 80.2 Å². The number of aliphatic hydroxyl groups excluding tert-OH is 2. The van der Waals surface area contributed by atoms with Crippen molar-refractivity contribution < 1.29 is 58.4 Å². The number of esters is 1. The van der Waals surface area contributed by atoms with Gasteiger partial charge in [-0.15, -0.1) is 0 Å². The number of carbonyl (C=O) groups is 2. The fraction of sp³-hybridized carbons (Fsp3) is 0.800. The smallest absolute Gasteiger partial charge is 0.407 e. The highest BCUT2D eigenvalue weighted by Crippen LogP contribution is 2.38.